The van der Waals surface area contributed by atoms with E-state index in [9.17, 15) is 18.0 Å². The van der Waals surface area contributed by atoms with Crippen LogP contribution in [0.1, 0.15) is 45.9 Å². The summed E-state index contributed by atoms with van der Waals surface area (Å²) in [6, 6.07) is 9.93. The van der Waals surface area contributed by atoms with E-state index in [0.29, 0.717) is 22.9 Å². The third-order valence-electron chi connectivity index (χ3n) is 5.74. The van der Waals surface area contributed by atoms with E-state index < -0.39 is 27.7 Å². The smallest absolute Gasteiger partial charge is 0.292 e. The van der Waals surface area contributed by atoms with Crippen LogP contribution in [0.2, 0.25) is 0 Å². The predicted octanol–water partition coefficient (Wildman–Crippen LogP) is 2.56. The molecule has 3 aromatic rings. The molecule has 1 aromatic carbocycles. The molecule has 12 nitrogen and oxygen atoms in total. The quantitative estimate of drug-likeness (QED) is 0.475. The van der Waals surface area contributed by atoms with Crippen molar-refractivity contribution in [2.45, 2.75) is 52.1 Å². The average Bonchev–Trinajstić information content (AvgIpc) is 3.27. The van der Waals surface area contributed by atoms with Crippen LogP contribution in [0.5, 0.6) is 0 Å². The summed E-state index contributed by atoms with van der Waals surface area (Å²) in [4.78, 5) is 32.5. The van der Waals surface area contributed by atoms with E-state index in [1.54, 1.807) is 54.9 Å². The second kappa shape index (κ2) is 8.99. The van der Waals surface area contributed by atoms with Crippen LogP contribution in [0.15, 0.2) is 48.9 Å². The number of urea groups is 1. The van der Waals surface area contributed by atoms with Gasteiger partial charge >= 0.3 is 16.2 Å². The van der Waals surface area contributed by atoms with Crippen molar-refractivity contribution >= 4 is 33.8 Å². The Kier molecular flexibility index (Phi) is 6.31. The van der Waals surface area contributed by atoms with Gasteiger partial charge in [0.05, 0.1) is 11.4 Å². The Bertz CT molecular complexity index is 1390. The van der Waals surface area contributed by atoms with Gasteiger partial charge in [0.15, 0.2) is 0 Å². The number of nitrogens with zero attached hydrogens (tertiary/aromatic N) is 5. The molecule has 0 unspecified atom stereocenters. The molecule has 3 amide bonds. The Balaban J connectivity index is 1.59. The molecule has 13 heteroatoms. The van der Waals surface area contributed by atoms with E-state index in [1.807, 2.05) is 25.5 Å². The summed E-state index contributed by atoms with van der Waals surface area (Å²) in [5.41, 5.74) is 0.628. The molecule has 0 atom stereocenters. The minimum absolute atomic E-state index is 0.0210. The lowest BCUT2D eigenvalue weighted by molar-refractivity contribution is -0.125. The number of carbonyl (C=O) groups is 2. The highest BCUT2D eigenvalue weighted by atomic mass is 32.2. The number of hydrogen-bond acceptors (Lipinski definition) is 7. The van der Waals surface area contributed by atoms with E-state index in [-0.39, 0.29) is 12.0 Å². The van der Waals surface area contributed by atoms with Gasteiger partial charge in [-0.1, -0.05) is 32.9 Å². The normalized spacial score (nSPS) is 17.0. The van der Waals surface area contributed by atoms with E-state index in [1.165, 1.54) is 12.5 Å². The third kappa shape index (κ3) is 5.06. The molecule has 4 rings (SSSR count). The van der Waals surface area contributed by atoms with Crippen LogP contribution < -0.4 is 15.4 Å². The SMILES string of the molecule is CC(C)(C)c1cc(NC(=O)Nc2ccncn2)n(-c2ccc(CN3C(C)(C)C(=O)NS3(=O)=O)cc2)n1. The van der Waals surface area contributed by atoms with Crippen molar-refractivity contribution in [2.24, 2.45) is 0 Å². The summed E-state index contributed by atoms with van der Waals surface area (Å²) < 4.78 is 29.5. The van der Waals surface area contributed by atoms with Crippen LogP contribution in [0, 0.1) is 0 Å². The Hall–Kier alpha value is -3.84. The molecule has 1 fully saturated rings. The van der Waals surface area contributed by atoms with Crippen molar-refractivity contribution < 1.29 is 18.0 Å². The highest BCUT2D eigenvalue weighted by Crippen LogP contribution is 2.29. The first kappa shape index (κ1) is 25.3. The van der Waals surface area contributed by atoms with Crippen LogP contribution in [0.25, 0.3) is 5.69 Å². The summed E-state index contributed by atoms with van der Waals surface area (Å²) in [6.07, 6.45) is 2.85. The number of carbonyl (C=O) groups excluding carboxylic acids is 2. The Morgan fingerprint density at radius 1 is 1.11 bits per heavy atom. The second-order valence-electron chi connectivity index (χ2n) is 9.92. The zero-order chi connectivity index (χ0) is 26.3. The molecule has 2 aromatic heterocycles. The highest BCUT2D eigenvalue weighted by Gasteiger charge is 2.50. The zero-order valence-corrected chi connectivity index (χ0v) is 21.4. The molecule has 1 aliphatic heterocycles. The summed E-state index contributed by atoms with van der Waals surface area (Å²) in [5.74, 6) is 0.223. The van der Waals surface area contributed by atoms with Gasteiger partial charge in [-0.05, 0) is 37.6 Å². The van der Waals surface area contributed by atoms with Crippen molar-refractivity contribution in [1.82, 2.24) is 28.8 Å². The molecule has 0 aliphatic carbocycles. The summed E-state index contributed by atoms with van der Waals surface area (Å²) in [6.45, 7) is 9.18. The highest BCUT2D eigenvalue weighted by molar-refractivity contribution is 7.88. The van der Waals surface area contributed by atoms with E-state index in [0.717, 1.165) is 10.00 Å². The van der Waals surface area contributed by atoms with Gasteiger partial charge in [-0.15, -0.1) is 0 Å². The lowest BCUT2D eigenvalue weighted by Gasteiger charge is -2.25. The van der Waals surface area contributed by atoms with Gasteiger partial charge in [-0.25, -0.2) is 24.2 Å². The number of nitrogens with one attached hydrogen (secondary N) is 3. The van der Waals surface area contributed by atoms with Gasteiger partial charge in [-0.2, -0.15) is 17.8 Å². The van der Waals surface area contributed by atoms with Gasteiger partial charge in [0, 0.05) is 24.2 Å². The molecule has 3 heterocycles. The van der Waals surface area contributed by atoms with Crippen LogP contribution in [0.3, 0.4) is 0 Å². The van der Waals surface area contributed by atoms with Crippen LogP contribution in [-0.2, 0) is 27.0 Å². The van der Waals surface area contributed by atoms with Crippen LogP contribution in [0.4, 0.5) is 16.4 Å². The molecule has 1 saturated heterocycles. The maximum absolute atomic E-state index is 12.6. The molecular weight excluding hydrogens is 484 g/mol. The molecule has 3 N–H and O–H groups in total. The monoisotopic (exact) mass is 512 g/mol. The first-order valence-corrected chi connectivity index (χ1v) is 12.6. The molecule has 0 bridgehead atoms. The Morgan fingerprint density at radius 3 is 2.36 bits per heavy atom. The molecule has 1 aliphatic rings. The van der Waals surface area contributed by atoms with E-state index in [2.05, 4.69) is 25.7 Å². The van der Waals surface area contributed by atoms with Gasteiger partial charge in [-0.3, -0.25) is 15.4 Å². The first-order valence-electron chi connectivity index (χ1n) is 11.2. The number of aromatic nitrogens is 4. The second-order valence-corrected chi connectivity index (χ2v) is 11.5. The van der Waals surface area contributed by atoms with Gasteiger partial charge < -0.3 is 0 Å². The fourth-order valence-electron chi connectivity index (χ4n) is 3.56. The maximum atomic E-state index is 12.6. The minimum atomic E-state index is -3.91. The van der Waals surface area contributed by atoms with Gasteiger partial charge in [0.2, 0.25) is 0 Å². The average molecular weight is 513 g/mol. The summed E-state index contributed by atoms with van der Waals surface area (Å²) in [5, 5.41) is 10.1. The molecule has 0 spiro atoms. The topological polar surface area (TPSA) is 151 Å². The lowest BCUT2D eigenvalue weighted by Crippen LogP contribution is -2.43. The minimum Gasteiger partial charge on any atom is -0.292 e. The number of amides is 3. The van der Waals surface area contributed by atoms with Crippen molar-refractivity contribution in [3.8, 4) is 5.69 Å². The maximum Gasteiger partial charge on any atom is 0.326 e. The van der Waals surface area contributed by atoms with Crippen molar-refractivity contribution in [1.29, 1.82) is 0 Å². The van der Waals surface area contributed by atoms with Gasteiger partial charge in [0.1, 0.15) is 23.5 Å². The van der Waals surface area contributed by atoms with Crippen molar-refractivity contribution in [2.75, 3.05) is 10.6 Å². The number of benzene rings is 1. The third-order valence-corrected chi connectivity index (χ3v) is 7.35. The zero-order valence-electron chi connectivity index (χ0n) is 20.6. The van der Waals surface area contributed by atoms with Crippen molar-refractivity contribution in [3.63, 3.8) is 0 Å². The first-order chi connectivity index (χ1) is 16.8. The lowest BCUT2D eigenvalue weighted by atomic mass is 9.92. The number of rotatable bonds is 5. The number of anilines is 2. The largest absolute Gasteiger partial charge is 0.326 e. The molecular formula is C23H28N8O4S. The molecule has 0 radical (unpaired) electrons. The van der Waals surface area contributed by atoms with Crippen LogP contribution >= 0.6 is 0 Å². The van der Waals surface area contributed by atoms with E-state index >= 15 is 0 Å². The molecule has 0 saturated carbocycles. The summed E-state index contributed by atoms with van der Waals surface area (Å²) in [7, 11) is -3.91. The Labute approximate surface area is 209 Å². The van der Waals surface area contributed by atoms with Crippen LogP contribution in [-0.4, -0.2) is 49.9 Å². The van der Waals surface area contributed by atoms with Gasteiger partial charge in [0.25, 0.3) is 5.91 Å². The standard InChI is InChI=1S/C23H28N8O4S/c1-22(2,3)17-12-19(27-21(33)26-18-10-11-24-14-25-18)31(28-17)16-8-6-15(7-9-16)13-30-23(4,5)20(32)29-36(30,34)35/h6-12,14H,13H2,1-5H3,(H,29,32)(H2,24,25,26,27,33). The molecule has 190 valence electrons. The van der Waals surface area contributed by atoms with E-state index in [4.69, 9.17) is 0 Å². The predicted molar refractivity (Wildman–Crippen MR) is 134 cm³/mol. The fourth-order valence-corrected chi connectivity index (χ4v) is 5.16. The molecule has 36 heavy (non-hydrogen) atoms. The Morgan fingerprint density at radius 2 is 1.81 bits per heavy atom. The number of hydrogen-bond donors (Lipinski definition) is 3. The fraction of sp³-hybridized carbons (Fsp3) is 0.348. The van der Waals surface area contributed by atoms with Crippen molar-refractivity contribution in [3.05, 3.63) is 60.2 Å². The summed E-state index contributed by atoms with van der Waals surface area (Å²) >= 11 is 0.